The number of hydrogen-bond donors (Lipinski definition) is 2. The molecule has 1 aliphatic rings. The second-order valence-corrected chi connectivity index (χ2v) is 9.92. The maximum atomic E-state index is 13.6. The van der Waals surface area contributed by atoms with Gasteiger partial charge in [0.1, 0.15) is 4.83 Å². The number of aromatic nitrogens is 2. The summed E-state index contributed by atoms with van der Waals surface area (Å²) in [5.74, 6) is 0.113. The Morgan fingerprint density at radius 3 is 2.53 bits per heavy atom. The molecule has 1 saturated carbocycles. The predicted octanol–water partition coefficient (Wildman–Crippen LogP) is 5.01. The van der Waals surface area contributed by atoms with Crippen LogP contribution in [0.2, 0.25) is 0 Å². The Morgan fingerprint density at radius 1 is 1.09 bits per heavy atom. The molecule has 0 saturated heterocycles. The van der Waals surface area contributed by atoms with Crippen LogP contribution in [0.1, 0.15) is 31.2 Å². The molecule has 0 unspecified atom stereocenters. The van der Waals surface area contributed by atoms with Crippen molar-refractivity contribution in [1.29, 1.82) is 0 Å². The summed E-state index contributed by atoms with van der Waals surface area (Å²) in [7, 11) is 0. The first kappa shape index (κ1) is 22.4. The summed E-state index contributed by atoms with van der Waals surface area (Å²) >= 11 is 2.71. The third-order valence-corrected chi connectivity index (χ3v) is 7.27. The van der Waals surface area contributed by atoms with E-state index >= 15 is 0 Å². The second-order valence-electron chi connectivity index (χ2n) is 8.11. The van der Waals surface area contributed by atoms with Gasteiger partial charge >= 0.3 is 0 Å². The van der Waals surface area contributed by atoms with Crippen molar-refractivity contribution in [3.63, 3.8) is 0 Å². The largest absolute Gasteiger partial charge is 0.326 e. The van der Waals surface area contributed by atoms with Crippen LogP contribution in [0.4, 0.5) is 11.4 Å². The maximum Gasteiger partial charge on any atom is 0.267 e. The molecule has 2 heterocycles. The first-order valence-electron chi connectivity index (χ1n) is 10.9. The highest BCUT2D eigenvalue weighted by molar-refractivity contribution is 7.99. The number of anilines is 2. The lowest BCUT2D eigenvalue weighted by atomic mass is 10.1. The molecule has 1 aliphatic carbocycles. The molecule has 1 fully saturated rings. The number of thioether (sulfide) groups is 1. The molecule has 4 aromatic rings. The summed E-state index contributed by atoms with van der Waals surface area (Å²) in [5.41, 5.74) is 2.90. The second kappa shape index (κ2) is 9.44. The van der Waals surface area contributed by atoms with E-state index in [0.717, 1.165) is 24.1 Å². The van der Waals surface area contributed by atoms with Crippen molar-refractivity contribution in [3.05, 3.63) is 75.9 Å². The maximum absolute atomic E-state index is 13.6. The Bertz CT molecular complexity index is 1440. The molecule has 0 bridgehead atoms. The zero-order valence-electron chi connectivity index (χ0n) is 18.4. The monoisotopic (exact) mass is 490 g/mol. The summed E-state index contributed by atoms with van der Waals surface area (Å²) in [4.78, 5) is 43.1. The summed E-state index contributed by atoms with van der Waals surface area (Å²) in [5, 5.41) is 8.76. The van der Waals surface area contributed by atoms with Gasteiger partial charge in [0, 0.05) is 18.3 Å². The Labute approximate surface area is 204 Å². The average molecular weight is 491 g/mol. The van der Waals surface area contributed by atoms with Gasteiger partial charge in [-0.2, -0.15) is 0 Å². The molecule has 0 radical (unpaired) electrons. The summed E-state index contributed by atoms with van der Waals surface area (Å²) in [6.45, 7) is 1.43. The minimum atomic E-state index is -0.233. The molecule has 2 amide bonds. The van der Waals surface area contributed by atoms with Crippen molar-refractivity contribution < 1.29 is 9.59 Å². The van der Waals surface area contributed by atoms with Crippen LogP contribution in [0.15, 0.2) is 69.9 Å². The minimum Gasteiger partial charge on any atom is -0.326 e. The number of carbonyl (C=O) groups is 2. The normalized spacial score (nSPS) is 13.1. The molecule has 2 aromatic carbocycles. The molecule has 0 atom stereocenters. The lowest BCUT2D eigenvalue weighted by Crippen LogP contribution is -2.23. The van der Waals surface area contributed by atoms with Gasteiger partial charge in [-0.05, 0) is 60.0 Å². The average Bonchev–Trinajstić information content (AvgIpc) is 3.57. The molecule has 0 spiro atoms. The molecule has 2 aromatic heterocycles. The first-order valence-corrected chi connectivity index (χ1v) is 12.8. The Balaban J connectivity index is 1.42. The van der Waals surface area contributed by atoms with E-state index in [-0.39, 0.29) is 23.1 Å². The topological polar surface area (TPSA) is 93.1 Å². The first-order chi connectivity index (χ1) is 16.5. The van der Waals surface area contributed by atoms with Crippen molar-refractivity contribution in [2.75, 3.05) is 16.4 Å². The number of fused-ring (bicyclic) bond motifs is 1. The molecule has 34 heavy (non-hydrogen) atoms. The van der Waals surface area contributed by atoms with Gasteiger partial charge in [0.2, 0.25) is 11.8 Å². The van der Waals surface area contributed by atoms with Crippen LogP contribution in [0.25, 0.3) is 15.9 Å². The predicted molar refractivity (Wildman–Crippen MR) is 137 cm³/mol. The highest BCUT2D eigenvalue weighted by atomic mass is 32.2. The number of thiophene rings is 1. The zero-order valence-corrected chi connectivity index (χ0v) is 20.0. The molecule has 9 heteroatoms. The van der Waals surface area contributed by atoms with E-state index in [1.807, 2.05) is 30.3 Å². The van der Waals surface area contributed by atoms with Crippen LogP contribution in [-0.2, 0) is 9.59 Å². The van der Waals surface area contributed by atoms with Gasteiger partial charge in [0.05, 0.1) is 16.8 Å². The lowest BCUT2D eigenvalue weighted by Gasteiger charge is -2.13. The van der Waals surface area contributed by atoms with Gasteiger partial charge in [-0.25, -0.2) is 4.98 Å². The van der Waals surface area contributed by atoms with Gasteiger partial charge < -0.3 is 10.6 Å². The molecule has 2 N–H and O–H groups in total. The molecule has 172 valence electrons. The van der Waals surface area contributed by atoms with Crippen molar-refractivity contribution in [3.8, 4) is 5.69 Å². The van der Waals surface area contributed by atoms with E-state index < -0.39 is 0 Å². The van der Waals surface area contributed by atoms with Gasteiger partial charge in [-0.3, -0.25) is 19.0 Å². The van der Waals surface area contributed by atoms with E-state index in [2.05, 4.69) is 16.0 Å². The van der Waals surface area contributed by atoms with E-state index in [9.17, 15) is 14.4 Å². The zero-order chi connectivity index (χ0) is 23.7. The minimum absolute atomic E-state index is 0.0794. The fourth-order valence-electron chi connectivity index (χ4n) is 3.79. The summed E-state index contributed by atoms with van der Waals surface area (Å²) < 4.78 is 1.61. The molecular weight excluding hydrogens is 468 g/mol. The molecular formula is C25H22N4O3S2. The fourth-order valence-corrected chi connectivity index (χ4v) is 5.67. The van der Waals surface area contributed by atoms with Crippen molar-refractivity contribution >= 4 is 56.5 Å². The summed E-state index contributed by atoms with van der Waals surface area (Å²) in [6.07, 6.45) is 2.22. The SMILES string of the molecule is CC(=O)Nc1cccc(NC(=O)CSc2nc3scc(C4CC4)c3c(=O)n2-c2ccccc2)c1. The van der Waals surface area contributed by atoms with Gasteiger partial charge in [-0.1, -0.05) is 36.0 Å². The van der Waals surface area contributed by atoms with Gasteiger partial charge in [-0.15, -0.1) is 11.3 Å². The molecule has 5 rings (SSSR count). The van der Waals surface area contributed by atoms with E-state index in [1.165, 1.54) is 30.0 Å². The number of nitrogens with zero attached hydrogens (tertiary/aromatic N) is 2. The number of para-hydroxylation sites is 1. The molecule has 7 nitrogen and oxygen atoms in total. The van der Waals surface area contributed by atoms with E-state index in [0.29, 0.717) is 32.7 Å². The van der Waals surface area contributed by atoms with Crippen LogP contribution < -0.4 is 16.2 Å². The van der Waals surface area contributed by atoms with Gasteiger partial charge in [0.15, 0.2) is 5.16 Å². The van der Waals surface area contributed by atoms with Crippen molar-refractivity contribution in [1.82, 2.24) is 9.55 Å². The number of hydrogen-bond acceptors (Lipinski definition) is 6. The van der Waals surface area contributed by atoms with Crippen LogP contribution in [0, 0.1) is 0 Å². The van der Waals surface area contributed by atoms with E-state index in [4.69, 9.17) is 4.98 Å². The Morgan fingerprint density at radius 2 is 1.82 bits per heavy atom. The van der Waals surface area contributed by atoms with Crippen LogP contribution in [0.5, 0.6) is 0 Å². The van der Waals surface area contributed by atoms with Crippen LogP contribution >= 0.6 is 23.1 Å². The van der Waals surface area contributed by atoms with Crippen LogP contribution in [0.3, 0.4) is 0 Å². The highest BCUT2D eigenvalue weighted by Gasteiger charge is 2.29. The third kappa shape index (κ3) is 4.76. The number of nitrogens with one attached hydrogen (secondary N) is 2. The molecule has 0 aliphatic heterocycles. The number of carbonyl (C=O) groups excluding carboxylic acids is 2. The summed E-state index contributed by atoms with van der Waals surface area (Å²) in [6, 6.07) is 16.4. The smallest absolute Gasteiger partial charge is 0.267 e. The van der Waals surface area contributed by atoms with Crippen LogP contribution in [-0.4, -0.2) is 27.1 Å². The number of amides is 2. The quantitative estimate of drug-likeness (QED) is 0.280. The lowest BCUT2D eigenvalue weighted by molar-refractivity contribution is -0.114. The Hall–Kier alpha value is -3.43. The number of benzene rings is 2. The van der Waals surface area contributed by atoms with Crippen molar-refractivity contribution in [2.45, 2.75) is 30.8 Å². The van der Waals surface area contributed by atoms with Crippen molar-refractivity contribution in [2.24, 2.45) is 0 Å². The highest BCUT2D eigenvalue weighted by Crippen LogP contribution is 2.44. The third-order valence-electron chi connectivity index (χ3n) is 5.44. The van der Waals surface area contributed by atoms with Gasteiger partial charge in [0.25, 0.3) is 5.56 Å². The van der Waals surface area contributed by atoms with E-state index in [1.54, 1.807) is 28.8 Å². The fraction of sp³-hybridized carbons (Fsp3) is 0.200. The number of rotatable bonds is 7. The Kier molecular flexibility index (Phi) is 6.21. The standard InChI is InChI=1S/C25H22N4O3S2/c1-15(30)26-17-6-5-7-18(12-17)27-21(31)14-34-25-28-23-22(20(13-33-23)16-10-11-16)24(32)29(25)19-8-3-2-4-9-19/h2-9,12-13,16H,10-11,14H2,1H3,(H,26,30)(H,27,31).